The molecule has 1 atom stereocenters. The van der Waals surface area contributed by atoms with Crippen LogP contribution in [0.15, 0.2) is 65.1 Å². The summed E-state index contributed by atoms with van der Waals surface area (Å²) >= 11 is 6.33. The van der Waals surface area contributed by atoms with Gasteiger partial charge in [-0.3, -0.25) is 4.79 Å². The lowest BCUT2D eigenvalue weighted by Crippen LogP contribution is -2.12. The molecule has 4 nitrogen and oxygen atoms in total. The van der Waals surface area contributed by atoms with Gasteiger partial charge >= 0.3 is 0 Å². The second-order valence-corrected chi connectivity index (χ2v) is 7.98. The van der Waals surface area contributed by atoms with Gasteiger partial charge in [-0.05, 0) is 67.3 Å². The van der Waals surface area contributed by atoms with E-state index in [1.165, 1.54) is 5.56 Å². The Balaban J connectivity index is 1.65. The normalized spacial score (nSPS) is 12.1. The van der Waals surface area contributed by atoms with Crippen molar-refractivity contribution < 1.29 is 9.21 Å². The van der Waals surface area contributed by atoms with Gasteiger partial charge in [0.15, 0.2) is 5.58 Å². The summed E-state index contributed by atoms with van der Waals surface area (Å²) in [4.78, 5) is 17.3. The van der Waals surface area contributed by atoms with Gasteiger partial charge in [0.1, 0.15) is 5.52 Å². The van der Waals surface area contributed by atoms with E-state index in [1.54, 1.807) is 18.2 Å². The molecule has 1 N–H and O–H groups in total. The fraction of sp³-hybridized carbons (Fsp3) is 0.200. The molecule has 5 heteroatoms. The molecule has 1 heterocycles. The topological polar surface area (TPSA) is 55.1 Å². The Morgan fingerprint density at radius 2 is 1.97 bits per heavy atom. The van der Waals surface area contributed by atoms with Crippen molar-refractivity contribution in [3.05, 3.63) is 82.4 Å². The Morgan fingerprint density at radius 1 is 1.13 bits per heavy atom. The molecule has 0 aliphatic heterocycles. The summed E-state index contributed by atoms with van der Waals surface area (Å²) in [6.45, 7) is 6.32. The number of benzene rings is 3. The van der Waals surface area contributed by atoms with Gasteiger partial charge in [-0.15, -0.1) is 0 Å². The zero-order valence-corrected chi connectivity index (χ0v) is 18.0. The van der Waals surface area contributed by atoms with E-state index in [2.05, 4.69) is 36.3 Å². The van der Waals surface area contributed by atoms with E-state index in [0.29, 0.717) is 28.1 Å². The summed E-state index contributed by atoms with van der Waals surface area (Å²) in [6.07, 6.45) is 1.07. The Labute approximate surface area is 180 Å². The van der Waals surface area contributed by atoms with E-state index in [-0.39, 0.29) is 5.91 Å². The number of hydrogen-bond donors (Lipinski definition) is 1. The van der Waals surface area contributed by atoms with Crippen molar-refractivity contribution in [3.63, 3.8) is 0 Å². The number of halogens is 1. The number of oxazole rings is 1. The van der Waals surface area contributed by atoms with Crippen LogP contribution >= 0.6 is 11.6 Å². The summed E-state index contributed by atoms with van der Waals surface area (Å²) in [5, 5.41) is 3.34. The number of nitrogens with one attached hydrogen (secondary N) is 1. The Bertz CT molecular complexity index is 1230. The van der Waals surface area contributed by atoms with Crippen LogP contribution in [0.25, 0.3) is 22.6 Å². The number of carbonyl (C=O) groups is 1. The molecule has 0 saturated heterocycles. The van der Waals surface area contributed by atoms with Crippen LogP contribution in [0.3, 0.4) is 0 Å². The van der Waals surface area contributed by atoms with Gasteiger partial charge in [-0.25, -0.2) is 4.98 Å². The highest BCUT2D eigenvalue weighted by Gasteiger charge is 2.14. The van der Waals surface area contributed by atoms with Crippen LogP contribution < -0.4 is 5.32 Å². The van der Waals surface area contributed by atoms with Gasteiger partial charge in [0.2, 0.25) is 5.89 Å². The zero-order valence-electron chi connectivity index (χ0n) is 17.2. The quantitative estimate of drug-likeness (QED) is 0.372. The molecular formula is C25H23ClN2O2. The number of fused-ring (bicyclic) bond motifs is 1. The van der Waals surface area contributed by atoms with Gasteiger partial charge in [-0.1, -0.05) is 49.2 Å². The first kappa shape index (κ1) is 20.2. The van der Waals surface area contributed by atoms with Crippen molar-refractivity contribution in [2.24, 2.45) is 0 Å². The van der Waals surface area contributed by atoms with Crippen molar-refractivity contribution in [2.45, 2.75) is 33.1 Å². The van der Waals surface area contributed by atoms with E-state index >= 15 is 0 Å². The Kier molecular flexibility index (Phi) is 5.60. The van der Waals surface area contributed by atoms with Crippen molar-refractivity contribution in [1.82, 2.24) is 4.98 Å². The largest absolute Gasteiger partial charge is 0.436 e. The average molecular weight is 419 g/mol. The minimum Gasteiger partial charge on any atom is -0.436 e. The SMILES string of the molecule is CCC(C)c1ccc2oc(-c3ccc(Cl)c(NC(=O)c4cccc(C)c4)c3)nc2c1. The molecule has 1 aromatic heterocycles. The maximum absolute atomic E-state index is 12.6. The molecule has 0 fully saturated rings. The number of aromatic nitrogens is 1. The molecule has 0 bridgehead atoms. The fourth-order valence-corrected chi connectivity index (χ4v) is 3.51. The number of hydrogen-bond acceptors (Lipinski definition) is 3. The predicted molar refractivity (Wildman–Crippen MR) is 122 cm³/mol. The first-order valence-corrected chi connectivity index (χ1v) is 10.4. The molecule has 0 aliphatic carbocycles. The lowest BCUT2D eigenvalue weighted by atomic mass is 9.98. The third kappa shape index (κ3) is 4.10. The zero-order chi connectivity index (χ0) is 21.3. The van der Waals surface area contributed by atoms with Gasteiger partial charge in [0.05, 0.1) is 10.7 Å². The minimum atomic E-state index is -0.214. The summed E-state index contributed by atoms with van der Waals surface area (Å²) in [5.74, 6) is 0.746. The number of anilines is 1. The number of nitrogens with zero attached hydrogens (tertiary/aromatic N) is 1. The van der Waals surface area contributed by atoms with Crippen LogP contribution in [0.1, 0.15) is 47.7 Å². The molecule has 0 saturated carbocycles. The van der Waals surface area contributed by atoms with E-state index < -0.39 is 0 Å². The van der Waals surface area contributed by atoms with Crippen LogP contribution in [0.5, 0.6) is 0 Å². The highest BCUT2D eigenvalue weighted by Crippen LogP contribution is 2.32. The molecule has 0 aliphatic rings. The van der Waals surface area contributed by atoms with Gasteiger partial charge in [-0.2, -0.15) is 0 Å². The highest BCUT2D eigenvalue weighted by molar-refractivity contribution is 6.34. The van der Waals surface area contributed by atoms with Crippen LogP contribution in [0.2, 0.25) is 5.02 Å². The van der Waals surface area contributed by atoms with Crippen molar-refractivity contribution >= 4 is 34.3 Å². The summed E-state index contributed by atoms with van der Waals surface area (Å²) in [6, 6.07) is 18.9. The predicted octanol–water partition coefficient (Wildman–Crippen LogP) is 7.22. The van der Waals surface area contributed by atoms with E-state index in [4.69, 9.17) is 16.0 Å². The average Bonchev–Trinajstić information content (AvgIpc) is 3.18. The maximum Gasteiger partial charge on any atom is 0.255 e. The fourth-order valence-electron chi connectivity index (χ4n) is 3.35. The molecule has 3 aromatic carbocycles. The van der Waals surface area contributed by atoms with Crippen LogP contribution in [0, 0.1) is 6.92 Å². The lowest BCUT2D eigenvalue weighted by Gasteiger charge is -2.09. The maximum atomic E-state index is 12.6. The second-order valence-electron chi connectivity index (χ2n) is 7.57. The van der Waals surface area contributed by atoms with Crippen molar-refractivity contribution in [1.29, 1.82) is 0 Å². The Morgan fingerprint density at radius 3 is 2.73 bits per heavy atom. The molecule has 1 unspecified atom stereocenters. The molecule has 4 rings (SSSR count). The van der Waals surface area contributed by atoms with Crippen LogP contribution in [-0.2, 0) is 0 Å². The molecular weight excluding hydrogens is 396 g/mol. The second kappa shape index (κ2) is 8.33. The summed E-state index contributed by atoms with van der Waals surface area (Å²) in [7, 11) is 0. The van der Waals surface area contributed by atoms with E-state index in [1.807, 2.05) is 37.3 Å². The third-order valence-corrected chi connectivity index (χ3v) is 5.66. The molecule has 30 heavy (non-hydrogen) atoms. The van der Waals surface area contributed by atoms with Gasteiger partial charge in [0, 0.05) is 11.1 Å². The van der Waals surface area contributed by atoms with Gasteiger partial charge in [0.25, 0.3) is 5.91 Å². The van der Waals surface area contributed by atoms with Crippen molar-refractivity contribution in [2.75, 3.05) is 5.32 Å². The summed E-state index contributed by atoms with van der Waals surface area (Å²) < 4.78 is 5.96. The van der Waals surface area contributed by atoms with Crippen LogP contribution in [0.4, 0.5) is 5.69 Å². The minimum absolute atomic E-state index is 0.214. The third-order valence-electron chi connectivity index (χ3n) is 5.33. The number of carbonyl (C=O) groups excluding carboxylic acids is 1. The standard InChI is InChI=1S/C25H23ClN2O2/c1-4-16(3)17-9-11-23-22(13-17)28-25(30-23)19-8-10-20(26)21(14-19)27-24(29)18-7-5-6-15(2)12-18/h5-14,16H,4H2,1-3H3,(H,27,29). The number of rotatable bonds is 5. The van der Waals surface area contributed by atoms with Gasteiger partial charge < -0.3 is 9.73 Å². The first-order chi connectivity index (χ1) is 14.4. The monoisotopic (exact) mass is 418 g/mol. The first-order valence-electron chi connectivity index (χ1n) is 10.0. The molecule has 0 radical (unpaired) electrons. The van der Waals surface area contributed by atoms with Crippen LogP contribution in [-0.4, -0.2) is 10.9 Å². The molecule has 0 spiro atoms. The smallest absolute Gasteiger partial charge is 0.255 e. The lowest BCUT2D eigenvalue weighted by molar-refractivity contribution is 0.102. The molecule has 152 valence electrons. The van der Waals surface area contributed by atoms with Crippen molar-refractivity contribution in [3.8, 4) is 11.5 Å². The highest BCUT2D eigenvalue weighted by atomic mass is 35.5. The number of aryl methyl sites for hydroxylation is 1. The Hall–Kier alpha value is -3.11. The molecule has 4 aromatic rings. The summed E-state index contributed by atoms with van der Waals surface area (Å²) in [5.41, 5.74) is 5.66. The number of amides is 1. The van der Waals surface area contributed by atoms with E-state index in [9.17, 15) is 4.79 Å². The van der Waals surface area contributed by atoms with E-state index in [0.717, 1.165) is 28.6 Å². The molecule has 1 amide bonds.